The van der Waals surface area contributed by atoms with E-state index in [-0.39, 0.29) is 11.3 Å². The number of rotatable bonds is 3. The first-order chi connectivity index (χ1) is 13.6. The number of nitrogens with zero attached hydrogens (tertiary/aromatic N) is 6. The van der Waals surface area contributed by atoms with Crippen LogP contribution in [0.4, 0.5) is 8.78 Å². The van der Waals surface area contributed by atoms with Gasteiger partial charge in [0.05, 0.1) is 11.7 Å². The van der Waals surface area contributed by atoms with Gasteiger partial charge in [-0.3, -0.25) is 4.98 Å². The summed E-state index contributed by atoms with van der Waals surface area (Å²) in [5, 5.41) is 12.3. The maximum Gasteiger partial charge on any atom is 0.333 e. The van der Waals surface area contributed by atoms with Crippen molar-refractivity contribution in [3.05, 3.63) is 84.4 Å². The first kappa shape index (κ1) is 16.4. The zero-order valence-electron chi connectivity index (χ0n) is 14.4. The summed E-state index contributed by atoms with van der Waals surface area (Å²) in [6.07, 6.45) is 3.11. The second kappa shape index (κ2) is 6.12. The zero-order valence-corrected chi connectivity index (χ0v) is 14.4. The molecule has 0 saturated carbocycles. The molecule has 0 fully saturated rings. The Morgan fingerprint density at radius 1 is 0.857 bits per heavy atom. The lowest BCUT2D eigenvalue weighted by Gasteiger charge is -2.15. The Morgan fingerprint density at radius 2 is 1.71 bits per heavy atom. The number of hydrogen-bond acceptors (Lipinski definition) is 5. The van der Waals surface area contributed by atoms with Gasteiger partial charge in [0.2, 0.25) is 5.82 Å². The average Bonchev–Trinajstić information content (AvgIpc) is 3.18. The normalized spacial score (nSPS) is 11.9. The lowest BCUT2D eigenvalue weighted by Crippen LogP contribution is -2.20. The van der Waals surface area contributed by atoms with Crippen molar-refractivity contribution in [1.82, 2.24) is 29.8 Å². The monoisotopic (exact) mass is 374 g/mol. The second-order valence-electron chi connectivity index (χ2n) is 6.23. The summed E-state index contributed by atoms with van der Waals surface area (Å²) >= 11 is 0. The van der Waals surface area contributed by atoms with E-state index in [1.165, 1.54) is 18.3 Å². The molecule has 0 aliphatic rings. The van der Waals surface area contributed by atoms with E-state index in [4.69, 9.17) is 0 Å². The second-order valence-corrected chi connectivity index (χ2v) is 6.23. The molecule has 5 rings (SSSR count). The van der Waals surface area contributed by atoms with Crippen molar-refractivity contribution in [2.75, 3.05) is 0 Å². The Morgan fingerprint density at radius 3 is 2.57 bits per heavy atom. The quantitative estimate of drug-likeness (QED) is 0.479. The van der Waals surface area contributed by atoms with Gasteiger partial charge < -0.3 is 0 Å². The van der Waals surface area contributed by atoms with Gasteiger partial charge in [0, 0.05) is 22.7 Å². The van der Waals surface area contributed by atoms with Crippen molar-refractivity contribution in [2.45, 2.75) is 5.92 Å². The lowest BCUT2D eigenvalue weighted by molar-refractivity contribution is 0.0307. The summed E-state index contributed by atoms with van der Waals surface area (Å²) in [4.78, 5) is 8.28. The average molecular weight is 374 g/mol. The fraction of sp³-hybridized carbons (Fsp3) is 0.0500. The van der Waals surface area contributed by atoms with Crippen molar-refractivity contribution >= 4 is 16.7 Å². The minimum atomic E-state index is -3.41. The van der Waals surface area contributed by atoms with Crippen LogP contribution in [0.1, 0.15) is 11.4 Å². The number of pyridine rings is 1. The molecule has 6 nitrogen and oxygen atoms in total. The maximum absolute atomic E-state index is 15.3. The molecule has 3 aromatic heterocycles. The molecule has 3 heterocycles. The first-order valence-electron chi connectivity index (χ1n) is 8.50. The summed E-state index contributed by atoms with van der Waals surface area (Å²) < 4.78 is 31.6. The summed E-state index contributed by atoms with van der Waals surface area (Å²) in [6, 6.07) is 16.9. The van der Waals surface area contributed by atoms with Crippen molar-refractivity contribution in [3.8, 4) is 11.3 Å². The van der Waals surface area contributed by atoms with Crippen LogP contribution in [0.2, 0.25) is 0 Å². The van der Waals surface area contributed by atoms with E-state index in [2.05, 4.69) is 25.3 Å². The minimum Gasteiger partial charge on any atom is -0.256 e. The van der Waals surface area contributed by atoms with Crippen molar-refractivity contribution in [2.24, 2.45) is 0 Å². The van der Waals surface area contributed by atoms with E-state index in [0.717, 1.165) is 10.1 Å². The molecule has 28 heavy (non-hydrogen) atoms. The van der Waals surface area contributed by atoms with Crippen LogP contribution in [0.5, 0.6) is 0 Å². The molecule has 0 amide bonds. The number of halogens is 2. The fourth-order valence-electron chi connectivity index (χ4n) is 3.03. The Balaban J connectivity index is 1.66. The molecule has 5 aromatic rings. The van der Waals surface area contributed by atoms with E-state index >= 15 is 8.78 Å². The molecule has 0 unspecified atom stereocenters. The van der Waals surface area contributed by atoms with Crippen LogP contribution in [0.3, 0.4) is 0 Å². The molecule has 2 aromatic carbocycles. The molecular formula is C20H12F2N6. The number of alkyl halides is 2. The van der Waals surface area contributed by atoms with Gasteiger partial charge in [-0.15, -0.1) is 10.2 Å². The van der Waals surface area contributed by atoms with Gasteiger partial charge in [-0.25, -0.2) is 4.98 Å². The Hall–Kier alpha value is -3.81. The number of fused-ring (bicyclic) bond motifs is 2. The molecule has 0 aliphatic carbocycles. The van der Waals surface area contributed by atoms with Crippen LogP contribution in [-0.2, 0) is 5.92 Å². The van der Waals surface area contributed by atoms with E-state index in [1.54, 1.807) is 24.4 Å². The molecule has 0 N–H and O–H groups in total. The largest absolute Gasteiger partial charge is 0.333 e. The summed E-state index contributed by atoms with van der Waals surface area (Å²) in [6.45, 7) is 0. The van der Waals surface area contributed by atoms with Gasteiger partial charge >= 0.3 is 5.92 Å². The molecule has 0 bridgehead atoms. The van der Waals surface area contributed by atoms with Gasteiger partial charge in [-0.05, 0) is 18.2 Å². The molecule has 0 spiro atoms. The zero-order chi connectivity index (χ0) is 19.1. The van der Waals surface area contributed by atoms with E-state index in [0.29, 0.717) is 16.6 Å². The molecule has 0 saturated heterocycles. The molecule has 0 radical (unpaired) electrons. The number of hydrogen-bond donors (Lipinski definition) is 0. The summed E-state index contributed by atoms with van der Waals surface area (Å²) in [7, 11) is 0. The summed E-state index contributed by atoms with van der Waals surface area (Å²) in [5.41, 5.74) is 1.64. The lowest BCUT2D eigenvalue weighted by atomic mass is 10.0. The topological polar surface area (TPSA) is 68.9 Å². The number of aromatic nitrogens is 6. The van der Waals surface area contributed by atoms with Crippen LogP contribution in [0.15, 0.2) is 73.1 Å². The van der Waals surface area contributed by atoms with E-state index in [9.17, 15) is 0 Å². The third-order valence-corrected chi connectivity index (χ3v) is 4.45. The van der Waals surface area contributed by atoms with Gasteiger partial charge in [-0.1, -0.05) is 42.5 Å². The Bertz CT molecular complexity index is 1300. The highest BCUT2D eigenvalue weighted by Gasteiger charge is 2.40. The first-order valence-corrected chi connectivity index (χ1v) is 8.50. The minimum absolute atomic E-state index is 0.0109. The van der Waals surface area contributed by atoms with Gasteiger partial charge in [0.25, 0.3) is 5.78 Å². The maximum atomic E-state index is 15.3. The third kappa shape index (κ3) is 2.58. The van der Waals surface area contributed by atoms with Crippen LogP contribution in [0.25, 0.3) is 27.9 Å². The number of benzene rings is 2. The fourth-order valence-corrected chi connectivity index (χ4v) is 3.03. The predicted molar refractivity (Wildman–Crippen MR) is 98.8 cm³/mol. The van der Waals surface area contributed by atoms with Crippen LogP contribution in [0, 0.1) is 0 Å². The highest BCUT2D eigenvalue weighted by Crippen LogP contribution is 2.35. The molecular weight excluding hydrogens is 362 g/mol. The van der Waals surface area contributed by atoms with E-state index in [1.807, 2.05) is 30.3 Å². The molecule has 8 heteroatoms. The van der Waals surface area contributed by atoms with Crippen LogP contribution in [-0.4, -0.2) is 29.8 Å². The van der Waals surface area contributed by atoms with Crippen molar-refractivity contribution < 1.29 is 8.78 Å². The SMILES string of the molecule is FC(F)(c1ccc2ncccc2c1)c1nnc2ncc(-c3ccccc3)nn12. The molecule has 0 aliphatic heterocycles. The third-order valence-electron chi connectivity index (χ3n) is 4.45. The van der Waals surface area contributed by atoms with Crippen molar-refractivity contribution in [1.29, 1.82) is 0 Å². The standard InChI is InChI=1S/C20H12F2N6/c21-20(22,15-8-9-16-14(11-15)7-4-10-23-16)18-25-26-19-24-12-17(27-28(18)19)13-5-2-1-3-6-13/h1-12H. The highest BCUT2D eigenvalue weighted by atomic mass is 19.3. The smallest absolute Gasteiger partial charge is 0.256 e. The van der Waals surface area contributed by atoms with E-state index < -0.39 is 11.7 Å². The van der Waals surface area contributed by atoms with Gasteiger partial charge in [0.15, 0.2) is 0 Å². The van der Waals surface area contributed by atoms with Gasteiger partial charge in [-0.2, -0.15) is 18.4 Å². The molecule has 136 valence electrons. The molecule has 0 atom stereocenters. The van der Waals surface area contributed by atoms with Crippen LogP contribution >= 0.6 is 0 Å². The van der Waals surface area contributed by atoms with Gasteiger partial charge in [0.1, 0.15) is 5.69 Å². The predicted octanol–water partition coefficient (Wildman–Crippen LogP) is 3.87. The Kier molecular flexibility index (Phi) is 3.58. The Labute approximate surface area is 157 Å². The highest BCUT2D eigenvalue weighted by molar-refractivity contribution is 5.79. The van der Waals surface area contributed by atoms with Crippen molar-refractivity contribution in [3.63, 3.8) is 0 Å². The van der Waals surface area contributed by atoms with Crippen LogP contribution < -0.4 is 0 Å². The summed E-state index contributed by atoms with van der Waals surface area (Å²) in [5.74, 6) is -3.99.